The van der Waals surface area contributed by atoms with Gasteiger partial charge in [-0.2, -0.15) is 0 Å². The Kier molecular flexibility index (Phi) is 2.34. The van der Waals surface area contributed by atoms with Crippen molar-refractivity contribution in [2.45, 2.75) is 0 Å². The van der Waals surface area contributed by atoms with E-state index in [0.717, 1.165) is 10.7 Å². The first-order chi connectivity index (χ1) is 10.9. The molecule has 0 aliphatic rings. The van der Waals surface area contributed by atoms with Crippen LogP contribution < -0.4 is 5.30 Å². The lowest BCUT2D eigenvalue weighted by atomic mass is 9.90. The standard InChI is InChI=1S/C20H11OP/c21-22-17-11-10-13-6-2-8-15-14-7-1-4-12-5-3-9-16(18(12)14)20(17)19(13)15/h1-11H. The molecule has 102 valence electrons. The van der Waals surface area contributed by atoms with Crippen molar-refractivity contribution in [1.29, 1.82) is 0 Å². The third-order valence-corrected chi connectivity index (χ3v) is 5.16. The smallest absolute Gasteiger partial charge is 0.192 e. The van der Waals surface area contributed by atoms with Crippen molar-refractivity contribution in [3.05, 3.63) is 66.7 Å². The number of fused-ring (bicyclic) bond motifs is 2. The Morgan fingerprint density at radius 1 is 0.545 bits per heavy atom. The topological polar surface area (TPSA) is 17.1 Å². The summed E-state index contributed by atoms with van der Waals surface area (Å²) in [4.78, 5) is 0. The Morgan fingerprint density at radius 3 is 1.82 bits per heavy atom. The van der Waals surface area contributed by atoms with Crippen LogP contribution in [0.1, 0.15) is 0 Å². The summed E-state index contributed by atoms with van der Waals surface area (Å²) in [5.41, 5.74) is 0. The molecule has 5 aromatic rings. The Hall–Kier alpha value is -2.50. The highest BCUT2D eigenvalue weighted by atomic mass is 31.1. The molecule has 0 N–H and O–H groups in total. The fraction of sp³-hybridized carbons (Fsp3) is 0. The average molecular weight is 298 g/mol. The minimum Gasteiger partial charge on any atom is -0.269 e. The van der Waals surface area contributed by atoms with E-state index in [4.69, 9.17) is 0 Å². The molecule has 22 heavy (non-hydrogen) atoms. The van der Waals surface area contributed by atoms with Gasteiger partial charge in [-0.3, -0.25) is 4.57 Å². The summed E-state index contributed by atoms with van der Waals surface area (Å²) in [5, 5.41) is 10.6. The highest BCUT2D eigenvalue weighted by Gasteiger charge is 2.14. The molecule has 0 amide bonds. The van der Waals surface area contributed by atoms with Gasteiger partial charge in [-0.25, -0.2) is 0 Å². The zero-order valence-corrected chi connectivity index (χ0v) is 12.6. The van der Waals surface area contributed by atoms with Gasteiger partial charge in [0, 0.05) is 5.39 Å². The quantitative estimate of drug-likeness (QED) is 0.222. The van der Waals surface area contributed by atoms with Crippen LogP contribution in [0.4, 0.5) is 0 Å². The summed E-state index contributed by atoms with van der Waals surface area (Å²) in [6.07, 6.45) is 0. The lowest BCUT2D eigenvalue weighted by Crippen LogP contribution is -1.97. The summed E-state index contributed by atoms with van der Waals surface area (Å²) < 4.78 is 11.7. The molecule has 0 aliphatic carbocycles. The van der Waals surface area contributed by atoms with Gasteiger partial charge in [0.25, 0.3) is 0 Å². The highest BCUT2D eigenvalue weighted by Crippen LogP contribution is 2.39. The maximum absolute atomic E-state index is 11.7. The number of rotatable bonds is 1. The average Bonchev–Trinajstić information content (AvgIpc) is 2.59. The molecule has 0 heterocycles. The SMILES string of the molecule is O=Pc1ccc2cccc3c4cccc5cccc(c1c23)c54. The van der Waals surface area contributed by atoms with Crippen molar-refractivity contribution in [1.82, 2.24) is 0 Å². The van der Waals surface area contributed by atoms with E-state index in [1.165, 1.54) is 37.7 Å². The van der Waals surface area contributed by atoms with Crippen LogP contribution in [0.25, 0.3) is 43.1 Å². The molecule has 0 bridgehead atoms. The molecule has 0 saturated carbocycles. The van der Waals surface area contributed by atoms with Gasteiger partial charge in [-0.05, 0) is 43.8 Å². The molecule has 0 radical (unpaired) electrons. The lowest BCUT2D eigenvalue weighted by Gasteiger charge is -2.15. The fourth-order valence-electron chi connectivity index (χ4n) is 3.72. The fourth-order valence-corrected chi connectivity index (χ4v) is 4.17. The largest absolute Gasteiger partial charge is 0.269 e. The minimum atomic E-state index is 0.0738. The Bertz CT molecular complexity index is 1180. The Balaban J connectivity index is 2.31. The summed E-state index contributed by atoms with van der Waals surface area (Å²) in [6, 6.07) is 23.2. The van der Waals surface area contributed by atoms with E-state index in [-0.39, 0.29) is 8.46 Å². The van der Waals surface area contributed by atoms with E-state index in [1.54, 1.807) is 0 Å². The summed E-state index contributed by atoms with van der Waals surface area (Å²) in [7, 11) is 0.0738. The molecule has 1 nitrogen and oxygen atoms in total. The molecule has 0 aliphatic heterocycles. The van der Waals surface area contributed by atoms with Crippen LogP contribution in [-0.2, 0) is 4.57 Å². The Labute approximate surface area is 128 Å². The zero-order valence-electron chi connectivity index (χ0n) is 11.7. The predicted octanol–water partition coefficient (Wildman–Crippen LogP) is 5.65. The van der Waals surface area contributed by atoms with Crippen LogP contribution in [-0.4, -0.2) is 0 Å². The van der Waals surface area contributed by atoms with Crippen molar-refractivity contribution >= 4 is 56.9 Å². The predicted molar refractivity (Wildman–Crippen MR) is 94.9 cm³/mol. The van der Waals surface area contributed by atoms with E-state index >= 15 is 0 Å². The van der Waals surface area contributed by atoms with Crippen molar-refractivity contribution in [3.63, 3.8) is 0 Å². The minimum absolute atomic E-state index is 0.0738. The molecule has 0 spiro atoms. The van der Waals surface area contributed by atoms with E-state index < -0.39 is 0 Å². The molecule has 0 aromatic heterocycles. The summed E-state index contributed by atoms with van der Waals surface area (Å²) in [6.45, 7) is 0. The summed E-state index contributed by atoms with van der Waals surface area (Å²) >= 11 is 0. The second kappa shape index (κ2) is 4.25. The number of hydrogen-bond acceptors (Lipinski definition) is 1. The maximum atomic E-state index is 11.7. The molecule has 0 atom stereocenters. The van der Waals surface area contributed by atoms with Crippen LogP contribution in [0, 0.1) is 0 Å². The zero-order chi connectivity index (χ0) is 14.7. The van der Waals surface area contributed by atoms with Crippen LogP contribution in [0.5, 0.6) is 0 Å². The van der Waals surface area contributed by atoms with Gasteiger partial charge in [-0.15, -0.1) is 0 Å². The van der Waals surface area contributed by atoms with Crippen LogP contribution >= 0.6 is 8.46 Å². The Morgan fingerprint density at radius 2 is 1.14 bits per heavy atom. The monoisotopic (exact) mass is 298 g/mol. The first-order valence-corrected chi connectivity index (χ1v) is 8.11. The van der Waals surface area contributed by atoms with Crippen molar-refractivity contribution in [2.24, 2.45) is 0 Å². The first kappa shape index (κ1) is 12.1. The molecule has 0 fully saturated rings. The third kappa shape index (κ3) is 1.39. The normalized spacial score (nSPS) is 12.2. The third-order valence-electron chi connectivity index (χ3n) is 4.59. The molecular weight excluding hydrogens is 287 g/mol. The van der Waals surface area contributed by atoms with Crippen molar-refractivity contribution < 1.29 is 4.57 Å². The first-order valence-electron chi connectivity index (χ1n) is 7.30. The molecular formula is C20H11OP. The second-order valence-electron chi connectivity index (χ2n) is 5.66. The van der Waals surface area contributed by atoms with Crippen molar-refractivity contribution in [3.8, 4) is 0 Å². The molecule has 0 saturated heterocycles. The molecule has 5 aromatic carbocycles. The molecule has 0 unspecified atom stereocenters. The van der Waals surface area contributed by atoms with Gasteiger partial charge >= 0.3 is 0 Å². The molecule has 5 rings (SSSR count). The van der Waals surface area contributed by atoms with Gasteiger partial charge in [0.2, 0.25) is 0 Å². The van der Waals surface area contributed by atoms with E-state index in [1.807, 2.05) is 6.07 Å². The van der Waals surface area contributed by atoms with E-state index in [2.05, 4.69) is 60.7 Å². The van der Waals surface area contributed by atoms with Gasteiger partial charge in [0.15, 0.2) is 8.46 Å². The summed E-state index contributed by atoms with van der Waals surface area (Å²) in [5.74, 6) is 0. The highest BCUT2D eigenvalue weighted by molar-refractivity contribution is 7.35. The second-order valence-corrected chi connectivity index (χ2v) is 6.33. The van der Waals surface area contributed by atoms with Crippen LogP contribution in [0.15, 0.2) is 66.7 Å². The van der Waals surface area contributed by atoms with Crippen LogP contribution in [0.2, 0.25) is 0 Å². The number of benzene rings is 5. The number of hydrogen-bond donors (Lipinski definition) is 0. The van der Waals surface area contributed by atoms with Gasteiger partial charge in [0.05, 0.1) is 5.30 Å². The van der Waals surface area contributed by atoms with E-state index in [0.29, 0.717) is 0 Å². The van der Waals surface area contributed by atoms with Crippen LogP contribution in [0.3, 0.4) is 0 Å². The maximum Gasteiger partial charge on any atom is 0.192 e. The van der Waals surface area contributed by atoms with Gasteiger partial charge < -0.3 is 0 Å². The van der Waals surface area contributed by atoms with Gasteiger partial charge in [-0.1, -0.05) is 60.7 Å². The lowest BCUT2D eigenvalue weighted by molar-refractivity contribution is 0.603. The van der Waals surface area contributed by atoms with Gasteiger partial charge in [0.1, 0.15) is 0 Å². The molecule has 2 heteroatoms. The van der Waals surface area contributed by atoms with Crippen molar-refractivity contribution in [2.75, 3.05) is 0 Å². The van der Waals surface area contributed by atoms with E-state index in [9.17, 15) is 4.57 Å².